The highest BCUT2D eigenvalue weighted by molar-refractivity contribution is 7.99. The molecule has 7 nitrogen and oxygen atoms in total. The summed E-state index contributed by atoms with van der Waals surface area (Å²) in [7, 11) is 0. The predicted octanol–water partition coefficient (Wildman–Crippen LogP) is 2.83. The van der Waals surface area contributed by atoms with Crippen molar-refractivity contribution in [1.82, 2.24) is 20.2 Å². The molecule has 2 heterocycles. The summed E-state index contributed by atoms with van der Waals surface area (Å²) < 4.78 is 0. The van der Waals surface area contributed by atoms with Gasteiger partial charge in [0.1, 0.15) is 11.0 Å². The largest absolute Gasteiger partial charge is 0.355 e. The minimum absolute atomic E-state index is 0.0390. The van der Waals surface area contributed by atoms with Crippen LogP contribution in [0.2, 0.25) is 5.15 Å². The van der Waals surface area contributed by atoms with E-state index in [0.29, 0.717) is 48.8 Å². The number of anilines is 1. The van der Waals surface area contributed by atoms with Crippen molar-refractivity contribution in [3.8, 4) is 0 Å². The molecule has 0 radical (unpaired) electrons. The van der Waals surface area contributed by atoms with Gasteiger partial charge in [0.05, 0.1) is 5.75 Å². The smallest absolute Gasteiger partial charge is 0.230 e. The van der Waals surface area contributed by atoms with Gasteiger partial charge in [-0.05, 0) is 19.3 Å². The number of hydrogen-bond acceptors (Lipinski definition) is 6. The molecule has 2 amide bonds. The van der Waals surface area contributed by atoms with Crippen LogP contribution in [0, 0.1) is 5.92 Å². The fraction of sp³-hybridized carbons (Fsp3) is 0.684. The van der Waals surface area contributed by atoms with E-state index >= 15 is 0 Å². The zero-order valence-corrected chi connectivity index (χ0v) is 18.6. The van der Waals surface area contributed by atoms with Crippen LogP contribution in [0.5, 0.6) is 0 Å². The molecule has 1 atom stereocenters. The molecule has 0 unspecified atom stereocenters. The van der Waals surface area contributed by atoms with E-state index in [4.69, 9.17) is 11.6 Å². The maximum atomic E-state index is 12.4. The highest BCUT2D eigenvalue weighted by atomic mass is 35.5. The fourth-order valence-electron chi connectivity index (χ4n) is 3.06. The predicted molar refractivity (Wildman–Crippen MR) is 114 cm³/mol. The van der Waals surface area contributed by atoms with Crippen molar-refractivity contribution in [3.05, 3.63) is 11.2 Å². The number of carbonyl (C=O) groups is 2. The van der Waals surface area contributed by atoms with Crippen LogP contribution in [0.4, 0.5) is 5.82 Å². The molecule has 1 aromatic heterocycles. The first-order chi connectivity index (χ1) is 13.3. The minimum atomic E-state index is -0.0390. The second kappa shape index (κ2) is 10.9. The third kappa shape index (κ3) is 6.81. The number of nitrogens with zero attached hydrogens (tertiary/aromatic N) is 4. The molecule has 1 aliphatic heterocycles. The fourth-order valence-corrected chi connectivity index (χ4v) is 3.97. The Morgan fingerprint density at radius 2 is 2.11 bits per heavy atom. The number of halogens is 1. The molecule has 0 aromatic carbocycles. The van der Waals surface area contributed by atoms with E-state index in [1.54, 1.807) is 6.07 Å². The minimum Gasteiger partial charge on any atom is -0.355 e. The molecule has 9 heteroatoms. The van der Waals surface area contributed by atoms with Crippen molar-refractivity contribution >= 4 is 41.0 Å². The van der Waals surface area contributed by atoms with Gasteiger partial charge in [-0.1, -0.05) is 44.1 Å². The van der Waals surface area contributed by atoms with Crippen LogP contribution in [0.1, 0.15) is 40.5 Å². The van der Waals surface area contributed by atoms with E-state index < -0.39 is 0 Å². The van der Waals surface area contributed by atoms with Gasteiger partial charge in [-0.15, -0.1) is 0 Å². The quantitative estimate of drug-likeness (QED) is 0.390. The Morgan fingerprint density at radius 1 is 1.36 bits per heavy atom. The molecule has 1 fully saturated rings. The number of carbonyl (C=O) groups excluding carboxylic acids is 2. The number of nitrogens with one attached hydrogen (secondary N) is 1. The van der Waals surface area contributed by atoms with Crippen molar-refractivity contribution in [2.45, 2.75) is 51.7 Å². The lowest BCUT2D eigenvalue weighted by Gasteiger charge is -2.40. The van der Waals surface area contributed by atoms with Crippen LogP contribution in [0.3, 0.4) is 0 Å². The first kappa shape index (κ1) is 22.7. The van der Waals surface area contributed by atoms with Gasteiger partial charge in [0.25, 0.3) is 0 Å². The number of hydrogen-bond donors (Lipinski definition) is 1. The SMILES string of the molecule is CCCNC(=O)CSc1nc(Cl)cc(N2CCN(C(=O)CC(C)C)[C@H](C)C2)n1. The lowest BCUT2D eigenvalue weighted by atomic mass is 10.1. The monoisotopic (exact) mass is 427 g/mol. The highest BCUT2D eigenvalue weighted by Crippen LogP contribution is 2.24. The Morgan fingerprint density at radius 3 is 2.75 bits per heavy atom. The van der Waals surface area contributed by atoms with Crippen LogP contribution in [-0.2, 0) is 9.59 Å². The molecule has 1 N–H and O–H groups in total. The standard InChI is InChI=1S/C19H30ClN5O2S/c1-5-6-21-17(26)12-28-19-22-15(20)10-16(23-19)24-7-8-25(14(4)11-24)18(27)9-13(2)3/h10,13-14H,5-9,11-12H2,1-4H3,(H,21,26)/t14-/m1/s1. The van der Waals surface area contributed by atoms with Gasteiger partial charge in [-0.3, -0.25) is 9.59 Å². The van der Waals surface area contributed by atoms with Crippen LogP contribution in [-0.4, -0.2) is 64.7 Å². The maximum absolute atomic E-state index is 12.4. The topological polar surface area (TPSA) is 78.4 Å². The summed E-state index contributed by atoms with van der Waals surface area (Å²) in [6, 6.07) is 1.84. The lowest BCUT2D eigenvalue weighted by molar-refractivity contribution is -0.134. The van der Waals surface area contributed by atoms with Crippen molar-refractivity contribution in [3.63, 3.8) is 0 Å². The normalized spacial score (nSPS) is 17.1. The molecule has 0 saturated carbocycles. The number of rotatable bonds is 8. The second-order valence-corrected chi connectivity index (χ2v) is 8.78. The zero-order chi connectivity index (χ0) is 20.7. The summed E-state index contributed by atoms with van der Waals surface area (Å²) in [6.45, 7) is 10.9. The average molecular weight is 428 g/mol. The van der Waals surface area contributed by atoms with Gasteiger partial charge >= 0.3 is 0 Å². The molecule has 2 rings (SSSR count). The summed E-state index contributed by atoms with van der Waals surface area (Å²) in [5, 5.41) is 3.67. The van der Waals surface area contributed by atoms with E-state index in [2.05, 4.69) is 41.0 Å². The van der Waals surface area contributed by atoms with Crippen molar-refractivity contribution in [1.29, 1.82) is 0 Å². The van der Waals surface area contributed by atoms with Crippen molar-refractivity contribution < 1.29 is 9.59 Å². The number of thioether (sulfide) groups is 1. The second-order valence-electron chi connectivity index (χ2n) is 7.45. The average Bonchev–Trinajstić information content (AvgIpc) is 2.63. The molecule has 1 aromatic rings. The van der Waals surface area contributed by atoms with Crippen LogP contribution >= 0.6 is 23.4 Å². The van der Waals surface area contributed by atoms with E-state index in [-0.39, 0.29) is 23.6 Å². The van der Waals surface area contributed by atoms with Crippen LogP contribution < -0.4 is 10.2 Å². The third-order valence-corrected chi connectivity index (χ3v) is 5.46. The molecule has 156 valence electrons. The van der Waals surface area contributed by atoms with Crippen molar-refractivity contribution in [2.75, 3.05) is 36.8 Å². The third-order valence-electron chi connectivity index (χ3n) is 4.42. The molecular weight excluding hydrogens is 398 g/mol. The van der Waals surface area contributed by atoms with Crippen LogP contribution in [0.15, 0.2) is 11.2 Å². The Kier molecular flexibility index (Phi) is 8.82. The number of aromatic nitrogens is 2. The summed E-state index contributed by atoms with van der Waals surface area (Å²) in [5.41, 5.74) is 0. The van der Waals surface area contributed by atoms with Gasteiger partial charge in [0.15, 0.2) is 5.16 Å². The van der Waals surface area contributed by atoms with Gasteiger partial charge in [0.2, 0.25) is 11.8 Å². The van der Waals surface area contributed by atoms with Crippen LogP contribution in [0.25, 0.3) is 0 Å². The van der Waals surface area contributed by atoms with Crippen molar-refractivity contribution in [2.24, 2.45) is 5.92 Å². The molecule has 0 aliphatic carbocycles. The molecule has 0 bridgehead atoms. The number of piperazine rings is 1. The molecule has 28 heavy (non-hydrogen) atoms. The van der Waals surface area contributed by atoms with Gasteiger partial charge in [0, 0.05) is 44.7 Å². The summed E-state index contributed by atoms with van der Waals surface area (Å²) in [4.78, 5) is 37.1. The van der Waals surface area contributed by atoms with Gasteiger partial charge < -0.3 is 15.1 Å². The Balaban J connectivity index is 1.99. The molecule has 1 saturated heterocycles. The van der Waals surface area contributed by atoms with E-state index in [1.165, 1.54) is 11.8 Å². The van der Waals surface area contributed by atoms with Gasteiger partial charge in [-0.2, -0.15) is 0 Å². The summed E-state index contributed by atoms with van der Waals surface area (Å²) >= 11 is 7.46. The maximum Gasteiger partial charge on any atom is 0.230 e. The Hall–Kier alpha value is -1.54. The summed E-state index contributed by atoms with van der Waals surface area (Å²) in [6.07, 6.45) is 1.47. The Labute approximate surface area is 176 Å². The lowest BCUT2D eigenvalue weighted by Crippen LogP contribution is -2.54. The first-order valence-corrected chi connectivity index (χ1v) is 11.1. The van der Waals surface area contributed by atoms with E-state index in [1.807, 2.05) is 11.8 Å². The number of amides is 2. The van der Waals surface area contributed by atoms with E-state index in [9.17, 15) is 9.59 Å². The molecule has 1 aliphatic rings. The highest BCUT2D eigenvalue weighted by Gasteiger charge is 2.28. The Bertz CT molecular complexity index is 688. The summed E-state index contributed by atoms with van der Waals surface area (Å²) in [5.74, 6) is 1.51. The van der Waals surface area contributed by atoms with Gasteiger partial charge in [-0.25, -0.2) is 9.97 Å². The molecular formula is C19H30ClN5O2S. The molecule has 0 spiro atoms. The zero-order valence-electron chi connectivity index (χ0n) is 17.1. The first-order valence-electron chi connectivity index (χ1n) is 9.78. The van der Waals surface area contributed by atoms with E-state index in [0.717, 1.165) is 12.2 Å².